The van der Waals surface area contributed by atoms with Crippen LogP contribution in [0.4, 0.5) is 0 Å². The fraction of sp³-hybridized carbons (Fsp3) is 0.238. The summed E-state index contributed by atoms with van der Waals surface area (Å²) in [7, 11) is -4.14. The molecule has 0 spiro atoms. The van der Waals surface area contributed by atoms with Crippen LogP contribution in [0.3, 0.4) is 0 Å². The number of sulfonamides is 1. The fourth-order valence-electron chi connectivity index (χ4n) is 3.56. The van der Waals surface area contributed by atoms with Crippen molar-refractivity contribution in [2.75, 3.05) is 0 Å². The second kappa shape index (κ2) is 9.28. The minimum Gasteiger partial charge on any atom is -0.480 e. The number of carbonyl (C=O) groups excluding carboxylic acids is 1. The summed E-state index contributed by atoms with van der Waals surface area (Å²) < 4.78 is 28.5. The van der Waals surface area contributed by atoms with E-state index in [-0.39, 0.29) is 30.9 Å². The number of aromatic nitrogens is 3. The lowest BCUT2D eigenvalue weighted by Crippen LogP contribution is -2.47. The third-order valence-electron chi connectivity index (χ3n) is 5.00. The number of benzene rings is 2. The Morgan fingerprint density at radius 3 is 2.53 bits per heavy atom. The lowest BCUT2D eigenvalue weighted by molar-refractivity contribution is -0.139. The molecule has 2 aromatic carbocycles. The van der Waals surface area contributed by atoms with Gasteiger partial charge in [0.2, 0.25) is 10.0 Å². The maximum Gasteiger partial charge on any atom is 0.321 e. The van der Waals surface area contributed by atoms with Gasteiger partial charge in [0.1, 0.15) is 6.04 Å². The van der Waals surface area contributed by atoms with Gasteiger partial charge in [0.05, 0.1) is 11.1 Å². The molecule has 10 nitrogen and oxygen atoms in total. The summed E-state index contributed by atoms with van der Waals surface area (Å²) >= 11 is 0. The van der Waals surface area contributed by atoms with E-state index in [1.54, 1.807) is 36.4 Å². The summed E-state index contributed by atoms with van der Waals surface area (Å²) in [5.41, 5.74) is 1.85. The van der Waals surface area contributed by atoms with Gasteiger partial charge < -0.3 is 10.4 Å². The summed E-state index contributed by atoms with van der Waals surface area (Å²) in [6.07, 6.45) is 1.35. The number of nitrogens with zero attached hydrogens (tertiary/aromatic N) is 2. The molecule has 3 aromatic rings. The maximum absolute atomic E-state index is 13.1. The Labute approximate surface area is 185 Å². The Kier molecular flexibility index (Phi) is 6.70. The summed E-state index contributed by atoms with van der Waals surface area (Å²) in [6, 6.07) is 11.9. The standard InChI is InChI=1S/C20H19N5O5S.CH4/c26-19(17-11-21-25-23-17)22-14-8-12-6-7-15(13-4-2-1-3-5-13)18(9-12)31(29,30)24-16(10-14)20(27)28;/h1-7,9,11,14,16,24H,8,10H2,(H,22,26)(H,27,28)(H,21,23,25);1H4/t14-,16-;/m1./s1. The maximum atomic E-state index is 13.1. The number of hydrogen-bond donors (Lipinski definition) is 4. The van der Waals surface area contributed by atoms with Gasteiger partial charge in [0.25, 0.3) is 5.91 Å². The molecule has 2 heterocycles. The smallest absolute Gasteiger partial charge is 0.321 e. The van der Waals surface area contributed by atoms with Crippen molar-refractivity contribution < 1.29 is 23.1 Å². The molecule has 1 aliphatic heterocycles. The van der Waals surface area contributed by atoms with Gasteiger partial charge in [-0.2, -0.15) is 20.1 Å². The molecule has 11 heteroatoms. The highest BCUT2D eigenvalue weighted by atomic mass is 32.2. The fourth-order valence-corrected chi connectivity index (χ4v) is 5.04. The van der Waals surface area contributed by atoms with E-state index in [0.29, 0.717) is 16.7 Å². The topological polar surface area (TPSA) is 154 Å². The number of carboxylic acids is 1. The van der Waals surface area contributed by atoms with Gasteiger partial charge in [-0.05, 0) is 30.0 Å². The first-order valence-electron chi connectivity index (χ1n) is 9.43. The van der Waals surface area contributed by atoms with Gasteiger partial charge in [-0.15, -0.1) is 0 Å². The van der Waals surface area contributed by atoms with E-state index in [2.05, 4.69) is 25.4 Å². The molecule has 2 atom stereocenters. The van der Waals surface area contributed by atoms with E-state index in [0.717, 1.165) is 0 Å². The average Bonchev–Trinajstić information content (AvgIpc) is 3.29. The molecule has 0 saturated heterocycles. The molecule has 1 amide bonds. The van der Waals surface area contributed by atoms with E-state index in [1.165, 1.54) is 12.3 Å². The molecular weight excluding hydrogens is 434 g/mol. The Morgan fingerprint density at radius 1 is 1.12 bits per heavy atom. The minimum atomic E-state index is -4.14. The van der Waals surface area contributed by atoms with E-state index in [4.69, 9.17) is 0 Å². The van der Waals surface area contributed by atoms with Gasteiger partial charge in [-0.3, -0.25) is 9.59 Å². The molecule has 4 N–H and O–H groups in total. The molecule has 0 radical (unpaired) electrons. The lowest BCUT2D eigenvalue weighted by Gasteiger charge is -2.21. The molecule has 1 aliphatic rings. The van der Waals surface area contributed by atoms with Crippen molar-refractivity contribution >= 4 is 21.9 Å². The van der Waals surface area contributed by atoms with Crippen molar-refractivity contribution in [1.29, 1.82) is 0 Å². The number of carbonyl (C=O) groups is 2. The Balaban J connectivity index is 0.00000289. The van der Waals surface area contributed by atoms with E-state index in [9.17, 15) is 23.1 Å². The van der Waals surface area contributed by atoms with E-state index < -0.39 is 34.0 Å². The zero-order valence-electron chi connectivity index (χ0n) is 16.1. The molecule has 32 heavy (non-hydrogen) atoms. The highest BCUT2D eigenvalue weighted by molar-refractivity contribution is 7.89. The Morgan fingerprint density at radius 2 is 1.88 bits per heavy atom. The first kappa shape index (κ1) is 23.1. The molecule has 2 bridgehead atoms. The first-order valence-corrected chi connectivity index (χ1v) is 10.9. The van der Waals surface area contributed by atoms with Gasteiger partial charge in [-0.1, -0.05) is 49.9 Å². The zero-order valence-corrected chi connectivity index (χ0v) is 17.0. The van der Waals surface area contributed by atoms with Crippen LogP contribution in [0.1, 0.15) is 29.9 Å². The SMILES string of the molecule is C.O=C(N[C@@H]1Cc2ccc(-c3ccccc3)c(c2)S(=O)(=O)N[C@@H](C(=O)O)C1)c1cn[nH]n1. The van der Waals surface area contributed by atoms with Gasteiger partial charge >= 0.3 is 5.97 Å². The van der Waals surface area contributed by atoms with Crippen molar-refractivity contribution in [2.45, 2.75) is 37.2 Å². The van der Waals surface area contributed by atoms with Crippen LogP contribution in [0, 0.1) is 0 Å². The second-order valence-electron chi connectivity index (χ2n) is 7.17. The molecule has 0 aliphatic carbocycles. The predicted octanol–water partition coefficient (Wildman–Crippen LogP) is 1.58. The van der Waals surface area contributed by atoms with Gasteiger partial charge in [-0.25, -0.2) is 8.42 Å². The number of rotatable bonds is 4. The van der Waals surface area contributed by atoms with Crippen molar-refractivity contribution in [3.8, 4) is 11.1 Å². The monoisotopic (exact) mass is 457 g/mol. The molecule has 1 aromatic heterocycles. The quantitative estimate of drug-likeness (QED) is 0.464. The molecule has 0 saturated carbocycles. The number of aromatic amines is 1. The van der Waals surface area contributed by atoms with Crippen molar-refractivity contribution in [2.24, 2.45) is 0 Å². The highest BCUT2D eigenvalue weighted by Gasteiger charge is 2.32. The average molecular weight is 458 g/mol. The highest BCUT2D eigenvalue weighted by Crippen LogP contribution is 2.30. The predicted molar refractivity (Wildman–Crippen MR) is 116 cm³/mol. The zero-order chi connectivity index (χ0) is 22.0. The Hall–Kier alpha value is -3.57. The minimum absolute atomic E-state index is 0. The number of hydrogen-bond acceptors (Lipinski definition) is 6. The van der Waals surface area contributed by atoms with Crippen LogP contribution in [-0.2, 0) is 21.2 Å². The largest absolute Gasteiger partial charge is 0.480 e. The van der Waals surface area contributed by atoms with Crippen LogP contribution >= 0.6 is 0 Å². The summed E-state index contributed by atoms with van der Waals surface area (Å²) in [6.45, 7) is 0. The van der Waals surface area contributed by atoms with E-state index >= 15 is 0 Å². The molecule has 4 rings (SSSR count). The summed E-state index contributed by atoms with van der Waals surface area (Å²) in [4.78, 5) is 24.2. The lowest BCUT2D eigenvalue weighted by atomic mass is 9.97. The van der Waals surface area contributed by atoms with Crippen LogP contribution in [0.25, 0.3) is 11.1 Å². The second-order valence-corrected chi connectivity index (χ2v) is 8.86. The molecule has 168 valence electrons. The van der Waals surface area contributed by atoms with Crippen LogP contribution in [0.5, 0.6) is 0 Å². The van der Waals surface area contributed by atoms with E-state index in [1.807, 2.05) is 6.07 Å². The van der Waals surface area contributed by atoms with Crippen molar-refractivity contribution in [3.05, 3.63) is 66.0 Å². The van der Waals surface area contributed by atoms with Gasteiger partial charge in [0.15, 0.2) is 5.69 Å². The Bertz CT molecular complexity index is 1210. The number of H-pyrrole nitrogens is 1. The summed E-state index contributed by atoms with van der Waals surface area (Å²) in [5, 5.41) is 22.0. The molecule has 0 fully saturated rings. The number of aliphatic carboxylic acids is 1. The number of fused-ring (bicyclic) bond motifs is 2. The summed E-state index contributed by atoms with van der Waals surface area (Å²) in [5.74, 6) is -1.87. The first-order chi connectivity index (χ1) is 14.8. The number of amides is 1. The normalized spacial score (nSPS) is 19.5. The van der Waals surface area contributed by atoms with Gasteiger partial charge in [0, 0.05) is 11.6 Å². The van der Waals surface area contributed by atoms with Crippen molar-refractivity contribution in [3.63, 3.8) is 0 Å². The van der Waals surface area contributed by atoms with Crippen LogP contribution in [-0.4, -0.2) is 52.9 Å². The number of carboxylic acid groups (broad SMARTS) is 1. The third-order valence-corrected chi connectivity index (χ3v) is 6.51. The molecule has 0 unspecified atom stereocenters. The van der Waals surface area contributed by atoms with Crippen LogP contribution in [0.2, 0.25) is 0 Å². The van der Waals surface area contributed by atoms with Crippen molar-refractivity contribution in [1.82, 2.24) is 25.4 Å². The number of nitrogens with one attached hydrogen (secondary N) is 3. The van der Waals surface area contributed by atoms with Crippen LogP contribution < -0.4 is 10.0 Å². The molecular formula is C21H23N5O5S. The van der Waals surface area contributed by atoms with Crippen LogP contribution in [0.15, 0.2) is 59.6 Å². The third kappa shape index (κ3) is 4.84.